The third-order valence-corrected chi connectivity index (χ3v) is 4.17. The van der Waals surface area contributed by atoms with Crippen LogP contribution in [0.5, 0.6) is 5.75 Å². The van der Waals surface area contributed by atoms with Crippen LogP contribution in [-0.2, 0) is 7.05 Å². The van der Waals surface area contributed by atoms with Gasteiger partial charge in [0.1, 0.15) is 11.6 Å². The number of aromatic nitrogens is 2. The molecule has 1 aromatic carbocycles. The van der Waals surface area contributed by atoms with Gasteiger partial charge in [-0.15, -0.1) is 0 Å². The number of nitrogens with zero attached hydrogens (tertiary/aromatic N) is 2. The molecule has 0 radical (unpaired) electrons. The summed E-state index contributed by atoms with van der Waals surface area (Å²) in [7, 11) is 3.57. The summed E-state index contributed by atoms with van der Waals surface area (Å²) >= 11 is 0. The van der Waals surface area contributed by atoms with Crippen LogP contribution in [0.2, 0.25) is 0 Å². The number of nitrogens with two attached hydrogens (primary N) is 1. The van der Waals surface area contributed by atoms with E-state index < -0.39 is 0 Å². The van der Waals surface area contributed by atoms with E-state index in [1.54, 1.807) is 11.8 Å². The predicted molar refractivity (Wildman–Crippen MR) is 87.6 cm³/mol. The average molecular weight is 287 g/mol. The molecule has 114 valence electrons. The van der Waals surface area contributed by atoms with Crippen molar-refractivity contribution in [2.24, 2.45) is 13.0 Å². The zero-order chi connectivity index (χ0) is 15.7. The van der Waals surface area contributed by atoms with E-state index in [9.17, 15) is 0 Å². The smallest absolute Gasteiger partial charge is 0.129 e. The highest BCUT2D eigenvalue weighted by atomic mass is 16.5. The molecule has 1 atom stereocenters. The van der Waals surface area contributed by atoms with Crippen molar-refractivity contribution in [3.05, 3.63) is 29.5 Å². The Bertz CT molecular complexity index is 644. The minimum Gasteiger partial charge on any atom is -0.496 e. The highest BCUT2D eigenvalue weighted by molar-refractivity contribution is 5.81. The SMILES string of the molecule is COc1ccc(C)cc1-c1c(C(C)C(C)C)nn(C)c1N. The first-order valence-electron chi connectivity index (χ1n) is 7.34. The molecular weight excluding hydrogens is 262 g/mol. The minimum atomic E-state index is 0.328. The quantitative estimate of drug-likeness (QED) is 0.931. The van der Waals surface area contributed by atoms with Crippen LogP contribution in [0, 0.1) is 12.8 Å². The molecule has 0 amide bonds. The molecular formula is C17H25N3O. The first-order valence-corrected chi connectivity index (χ1v) is 7.34. The highest BCUT2D eigenvalue weighted by Crippen LogP contribution is 2.40. The lowest BCUT2D eigenvalue weighted by molar-refractivity contribution is 0.416. The average Bonchev–Trinajstić information content (AvgIpc) is 2.73. The second-order valence-corrected chi connectivity index (χ2v) is 6.01. The van der Waals surface area contributed by atoms with E-state index in [2.05, 4.69) is 38.9 Å². The lowest BCUT2D eigenvalue weighted by Gasteiger charge is -2.16. The number of methoxy groups -OCH3 is 1. The summed E-state index contributed by atoms with van der Waals surface area (Å²) in [6.45, 7) is 8.67. The maximum absolute atomic E-state index is 6.29. The molecule has 0 aliphatic carbocycles. The molecule has 0 aliphatic heterocycles. The fourth-order valence-corrected chi connectivity index (χ4v) is 2.49. The van der Waals surface area contributed by atoms with Crippen molar-refractivity contribution < 1.29 is 4.74 Å². The Morgan fingerprint density at radius 3 is 2.48 bits per heavy atom. The summed E-state index contributed by atoms with van der Waals surface area (Å²) in [6.07, 6.45) is 0. The Balaban J connectivity index is 2.71. The van der Waals surface area contributed by atoms with Crippen LogP contribution in [0.3, 0.4) is 0 Å². The minimum absolute atomic E-state index is 0.328. The molecule has 1 heterocycles. The van der Waals surface area contributed by atoms with E-state index in [0.717, 1.165) is 22.6 Å². The monoisotopic (exact) mass is 287 g/mol. The summed E-state index contributed by atoms with van der Waals surface area (Å²) in [5.41, 5.74) is 10.5. The van der Waals surface area contributed by atoms with Gasteiger partial charge in [-0.3, -0.25) is 4.68 Å². The molecule has 0 saturated carbocycles. The molecule has 2 aromatic rings. The van der Waals surface area contributed by atoms with E-state index >= 15 is 0 Å². The maximum atomic E-state index is 6.29. The number of benzene rings is 1. The van der Waals surface area contributed by atoms with Gasteiger partial charge in [0.25, 0.3) is 0 Å². The number of rotatable bonds is 4. The van der Waals surface area contributed by atoms with Crippen LogP contribution in [0.25, 0.3) is 11.1 Å². The third kappa shape index (κ3) is 2.75. The Morgan fingerprint density at radius 1 is 1.24 bits per heavy atom. The summed E-state index contributed by atoms with van der Waals surface area (Å²) in [4.78, 5) is 0. The van der Waals surface area contributed by atoms with Gasteiger partial charge < -0.3 is 10.5 Å². The Hall–Kier alpha value is -1.97. The summed E-state index contributed by atoms with van der Waals surface area (Å²) in [5.74, 6) is 2.33. The first kappa shape index (κ1) is 15.4. The molecule has 21 heavy (non-hydrogen) atoms. The molecule has 0 fully saturated rings. The highest BCUT2D eigenvalue weighted by Gasteiger charge is 2.24. The maximum Gasteiger partial charge on any atom is 0.129 e. The number of ether oxygens (including phenoxy) is 1. The van der Waals surface area contributed by atoms with Crippen LogP contribution in [-0.4, -0.2) is 16.9 Å². The van der Waals surface area contributed by atoms with Crippen molar-refractivity contribution in [2.75, 3.05) is 12.8 Å². The molecule has 0 bridgehead atoms. The van der Waals surface area contributed by atoms with Crippen LogP contribution in [0.4, 0.5) is 5.82 Å². The molecule has 0 saturated heterocycles. The molecule has 2 N–H and O–H groups in total. The van der Waals surface area contributed by atoms with Gasteiger partial charge in [0.2, 0.25) is 0 Å². The topological polar surface area (TPSA) is 53.1 Å². The van der Waals surface area contributed by atoms with Gasteiger partial charge in [-0.2, -0.15) is 5.10 Å². The third-order valence-electron chi connectivity index (χ3n) is 4.17. The van der Waals surface area contributed by atoms with E-state index in [4.69, 9.17) is 10.5 Å². The van der Waals surface area contributed by atoms with E-state index in [0.29, 0.717) is 17.7 Å². The molecule has 4 nitrogen and oxygen atoms in total. The number of hydrogen-bond donors (Lipinski definition) is 1. The molecule has 1 aromatic heterocycles. The first-order chi connectivity index (χ1) is 9.86. The fourth-order valence-electron chi connectivity index (χ4n) is 2.49. The lowest BCUT2D eigenvalue weighted by atomic mass is 9.89. The number of hydrogen-bond acceptors (Lipinski definition) is 3. The second kappa shape index (κ2) is 5.80. The standard InChI is InChI=1S/C17H25N3O/c1-10(2)12(4)16-15(17(18)20(5)19-16)13-9-11(3)7-8-14(13)21-6/h7-10,12H,18H2,1-6H3. The number of anilines is 1. The van der Waals surface area contributed by atoms with Crippen molar-refractivity contribution in [3.63, 3.8) is 0 Å². The Kier molecular flexibility index (Phi) is 4.26. The molecule has 4 heteroatoms. The van der Waals surface area contributed by atoms with Crippen molar-refractivity contribution in [1.29, 1.82) is 0 Å². The summed E-state index contributed by atoms with van der Waals surface area (Å²) in [5, 5.41) is 4.65. The van der Waals surface area contributed by atoms with Gasteiger partial charge in [-0.1, -0.05) is 32.4 Å². The summed E-state index contributed by atoms with van der Waals surface area (Å²) in [6, 6.07) is 6.14. The van der Waals surface area contributed by atoms with Crippen LogP contribution >= 0.6 is 0 Å². The van der Waals surface area contributed by atoms with Crippen molar-refractivity contribution in [3.8, 4) is 16.9 Å². The van der Waals surface area contributed by atoms with Gasteiger partial charge >= 0.3 is 0 Å². The molecule has 0 spiro atoms. The second-order valence-electron chi connectivity index (χ2n) is 6.01. The Labute approximate surface area is 126 Å². The molecule has 1 unspecified atom stereocenters. The molecule has 0 aliphatic rings. The van der Waals surface area contributed by atoms with Gasteiger partial charge in [-0.25, -0.2) is 0 Å². The van der Waals surface area contributed by atoms with Crippen LogP contribution in [0.1, 0.15) is 37.9 Å². The Morgan fingerprint density at radius 2 is 1.90 bits per heavy atom. The lowest BCUT2D eigenvalue weighted by Crippen LogP contribution is -2.05. The molecule has 2 rings (SSSR count). The van der Waals surface area contributed by atoms with E-state index in [1.807, 2.05) is 19.2 Å². The van der Waals surface area contributed by atoms with Crippen LogP contribution < -0.4 is 10.5 Å². The normalized spacial score (nSPS) is 12.7. The fraction of sp³-hybridized carbons (Fsp3) is 0.471. The van der Waals surface area contributed by atoms with E-state index in [-0.39, 0.29) is 0 Å². The van der Waals surface area contributed by atoms with E-state index in [1.165, 1.54) is 5.56 Å². The summed E-state index contributed by atoms with van der Waals surface area (Å²) < 4.78 is 7.28. The number of aryl methyl sites for hydroxylation is 2. The zero-order valence-electron chi connectivity index (χ0n) is 13.8. The van der Waals surface area contributed by atoms with Crippen LogP contribution in [0.15, 0.2) is 18.2 Å². The van der Waals surface area contributed by atoms with Gasteiger partial charge in [0.05, 0.1) is 18.4 Å². The van der Waals surface area contributed by atoms with Gasteiger partial charge in [0, 0.05) is 18.5 Å². The number of nitrogen functional groups attached to an aromatic ring is 1. The van der Waals surface area contributed by atoms with Crippen molar-refractivity contribution in [1.82, 2.24) is 9.78 Å². The zero-order valence-corrected chi connectivity index (χ0v) is 13.8. The predicted octanol–water partition coefficient (Wildman–Crippen LogP) is 3.75. The largest absolute Gasteiger partial charge is 0.496 e. The van der Waals surface area contributed by atoms with Crippen molar-refractivity contribution >= 4 is 5.82 Å². The van der Waals surface area contributed by atoms with Gasteiger partial charge in [0.15, 0.2) is 0 Å². The van der Waals surface area contributed by atoms with Crippen molar-refractivity contribution in [2.45, 2.75) is 33.6 Å². The van der Waals surface area contributed by atoms with Gasteiger partial charge in [-0.05, 0) is 25.0 Å².